The fraction of sp³-hybridized carbons (Fsp3) is 0.316. The average molecular weight is 294 g/mol. The van der Waals surface area contributed by atoms with Crippen LogP contribution in [0.5, 0.6) is 0 Å². The predicted octanol–water partition coefficient (Wildman–Crippen LogP) is 3.69. The number of amides is 1. The molecule has 0 radical (unpaired) electrons. The maximum absolute atomic E-state index is 12.4. The third-order valence-corrected chi connectivity index (χ3v) is 4.54. The van der Waals surface area contributed by atoms with Gasteiger partial charge in [-0.15, -0.1) is 0 Å². The van der Waals surface area contributed by atoms with Gasteiger partial charge in [-0.2, -0.15) is 0 Å². The van der Waals surface area contributed by atoms with E-state index in [9.17, 15) is 4.79 Å². The fourth-order valence-electron chi connectivity index (χ4n) is 3.10. The first-order valence-corrected chi connectivity index (χ1v) is 7.77. The van der Waals surface area contributed by atoms with Gasteiger partial charge < -0.3 is 10.2 Å². The summed E-state index contributed by atoms with van der Waals surface area (Å²) in [4.78, 5) is 14.6. The van der Waals surface area contributed by atoms with Crippen LogP contribution in [0.15, 0.2) is 42.5 Å². The van der Waals surface area contributed by atoms with Crippen LogP contribution in [0.4, 0.5) is 11.4 Å². The molecule has 22 heavy (non-hydrogen) atoms. The van der Waals surface area contributed by atoms with E-state index in [1.54, 1.807) is 0 Å². The van der Waals surface area contributed by atoms with Crippen LogP contribution in [-0.4, -0.2) is 18.5 Å². The maximum Gasteiger partial charge on any atom is 0.243 e. The smallest absolute Gasteiger partial charge is 0.243 e. The van der Waals surface area contributed by atoms with Crippen molar-refractivity contribution in [3.05, 3.63) is 59.2 Å². The van der Waals surface area contributed by atoms with Gasteiger partial charge in [-0.3, -0.25) is 4.79 Å². The minimum atomic E-state index is 0.0391. The van der Waals surface area contributed by atoms with Crippen LogP contribution in [0.3, 0.4) is 0 Å². The van der Waals surface area contributed by atoms with E-state index >= 15 is 0 Å². The standard InChI is InChI=1S/C19H22N2O/c1-13-7-6-9-17(15(13)3)20-19(22)12-21-14(2)11-16-8-4-5-10-18(16)21/h4-10,14H,11-12H2,1-3H3,(H,20,22). The molecular formula is C19H22N2O. The molecule has 0 spiro atoms. The Hall–Kier alpha value is -2.29. The molecule has 1 unspecified atom stereocenters. The van der Waals surface area contributed by atoms with E-state index < -0.39 is 0 Å². The van der Waals surface area contributed by atoms with Crippen molar-refractivity contribution in [1.29, 1.82) is 0 Å². The summed E-state index contributed by atoms with van der Waals surface area (Å²) in [5.74, 6) is 0.0391. The number of aryl methyl sites for hydroxylation is 1. The highest BCUT2D eigenvalue weighted by Gasteiger charge is 2.27. The second-order valence-electron chi connectivity index (χ2n) is 6.11. The van der Waals surface area contributed by atoms with E-state index in [2.05, 4.69) is 48.3 Å². The number of benzene rings is 2. The summed E-state index contributed by atoms with van der Waals surface area (Å²) < 4.78 is 0. The Balaban J connectivity index is 1.74. The number of nitrogens with zero attached hydrogens (tertiary/aromatic N) is 1. The molecule has 114 valence electrons. The zero-order valence-electron chi connectivity index (χ0n) is 13.4. The van der Waals surface area contributed by atoms with Crippen LogP contribution in [0.1, 0.15) is 23.6 Å². The number of carbonyl (C=O) groups is 1. The van der Waals surface area contributed by atoms with E-state index in [1.807, 2.05) is 25.1 Å². The van der Waals surface area contributed by atoms with Gasteiger partial charge in [0.2, 0.25) is 5.91 Å². The topological polar surface area (TPSA) is 32.3 Å². The Morgan fingerprint density at radius 3 is 2.77 bits per heavy atom. The lowest BCUT2D eigenvalue weighted by Gasteiger charge is -2.24. The first kappa shape index (κ1) is 14.6. The number of fused-ring (bicyclic) bond motifs is 1. The van der Waals surface area contributed by atoms with Gasteiger partial charge in [0.15, 0.2) is 0 Å². The molecule has 0 bridgehead atoms. The summed E-state index contributed by atoms with van der Waals surface area (Å²) in [6, 6.07) is 14.7. The Bertz CT molecular complexity index is 708. The molecule has 0 aliphatic carbocycles. The lowest BCUT2D eigenvalue weighted by molar-refractivity contribution is -0.115. The monoisotopic (exact) mass is 294 g/mol. The van der Waals surface area contributed by atoms with Crippen LogP contribution < -0.4 is 10.2 Å². The molecular weight excluding hydrogens is 272 g/mol. The van der Waals surface area contributed by atoms with Gasteiger partial charge >= 0.3 is 0 Å². The van der Waals surface area contributed by atoms with Crippen molar-refractivity contribution < 1.29 is 4.79 Å². The highest BCUT2D eigenvalue weighted by Crippen LogP contribution is 2.31. The zero-order chi connectivity index (χ0) is 15.7. The van der Waals surface area contributed by atoms with Gasteiger partial charge in [-0.05, 0) is 56.0 Å². The summed E-state index contributed by atoms with van der Waals surface area (Å²) in [5, 5.41) is 3.05. The number of rotatable bonds is 3. The molecule has 3 nitrogen and oxygen atoms in total. The maximum atomic E-state index is 12.4. The lowest BCUT2D eigenvalue weighted by Crippen LogP contribution is -2.37. The second-order valence-corrected chi connectivity index (χ2v) is 6.11. The van der Waals surface area contributed by atoms with Crippen molar-refractivity contribution in [1.82, 2.24) is 0 Å². The normalized spacial score (nSPS) is 16.5. The van der Waals surface area contributed by atoms with Crippen molar-refractivity contribution in [2.45, 2.75) is 33.2 Å². The van der Waals surface area contributed by atoms with Crippen molar-refractivity contribution >= 4 is 17.3 Å². The van der Waals surface area contributed by atoms with Crippen molar-refractivity contribution in [2.75, 3.05) is 16.8 Å². The summed E-state index contributed by atoms with van der Waals surface area (Å²) in [6.07, 6.45) is 1.01. The largest absolute Gasteiger partial charge is 0.359 e. The molecule has 0 fully saturated rings. The van der Waals surface area contributed by atoms with E-state index in [0.717, 1.165) is 17.7 Å². The number of para-hydroxylation sites is 1. The molecule has 1 aliphatic heterocycles. The van der Waals surface area contributed by atoms with Crippen LogP contribution in [0, 0.1) is 13.8 Å². The third-order valence-electron chi connectivity index (χ3n) is 4.54. The van der Waals surface area contributed by atoms with Crippen LogP contribution >= 0.6 is 0 Å². The fourth-order valence-corrected chi connectivity index (χ4v) is 3.10. The summed E-state index contributed by atoms with van der Waals surface area (Å²) >= 11 is 0. The molecule has 2 aromatic rings. The molecule has 1 aliphatic rings. The van der Waals surface area contributed by atoms with Crippen molar-refractivity contribution in [3.8, 4) is 0 Å². The Kier molecular flexibility index (Phi) is 3.88. The Morgan fingerprint density at radius 2 is 1.95 bits per heavy atom. The van der Waals surface area contributed by atoms with Crippen LogP contribution in [0.25, 0.3) is 0 Å². The molecule has 3 heteroatoms. The van der Waals surface area contributed by atoms with Gasteiger partial charge in [0.25, 0.3) is 0 Å². The molecule has 1 heterocycles. The first-order valence-electron chi connectivity index (χ1n) is 7.77. The number of carbonyl (C=O) groups excluding carboxylic acids is 1. The Labute approximate surface area is 132 Å². The van der Waals surface area contributed by atoms with Crippen LogP contribution in [0.2, 0.25) is 0 Å². The van der Waals surface area contributed by atoms with Crippen LogP contribution in [-0.2, 0) is 11.2 Å². The molecule has 1 atom stereocenters. The summed E-state index contributed by atoms with van der Waals surface area (Å²) in [5.41, 5.74) is 5.74. The van der Waals surface area contributed by atoms with Gasteiger partial charge in [-0.1, -0.05) is 30.3 Å². The van der Waals surface area contributed by atoms with Gasteiger partial charge in [0, 0.05) is 17.4 Å². The molecule has 0 aromatic heterocycles. The van der Waals surface area contributed by atoms with E-state index in [1.165, 1.54) is 16.8 Å². The number of hydrogen-bond donors (Lipinski definition) is 1. The van der Waals surface area contributed by atoms with Crippen molar-refractivity contribution in [3.63, 3.8) is 0 Å². The highest BCUT2D eigenvalue weighted by molar-refractivity contribution is 5.95. The zero-order valence-corrected chi connectivity index (χ0v) is 13.4. The number of hydrogen-bond acceptors (Lipinski definition) is 2. The Morgan fingerprint density at radius 1 is 1.18 bits per heavy atom. The molecule has 1 amide bonds. The number of anilines is 2. The molecule has 0 saturated carbocycles. The molecule has 1 N–H and O–H groups in total. The first-order chi connectivity index (χ1) is 10.6. The lowest BCUT2D eigenvalue weighted by atomic mass is 10.1. The minimum Gasteiger partial charge on any atom is -0.359 e. The third kappa shape index (κ3) is 2.71. The molecule has 0 saturated heterocycles. The summed E-state index contributed by atoms with van der Waals surface area (Å²) in [6.45, 7) is 6.67. The van der Waals surface area contributed by atoms with Gasteiger partial charge in [0.05, 0.1) is 6.54 Å². The number of nitrogens with one attached hydrogen (secondary N) is 1. The van der Waals surface area contributed by atoms with E-state index in [0.29, 0.717) is 12.6 Å². The quantitative estimate of drug-likeness (QED) is 0.936. The van der Waals surface area contributed by atoms with E-state index in [-0.39, 0.29) is 5.91 Å². The van der Waals surface area contributed by atoms with E-state index in [4.69, 9.17) is 0 Å². The SMILES string of the molecule is Cc1cccc(NC(=O)CN2c3ccccc3CC2C)c1C. The van der Waals surface area contributed by atoms with Gasteiger partial charge in [0.1, 0.15) is 0 Å². The molecule has 3 rings (SSSR count). The highest BCUT2D eigenvalue weighted by atomic mass is 16.2. The second kappa shape index (κ2) is 5.84. The minimum absolute atomic E-state index is 0.0391. The van der Waals surface area contributed by atoms with Crippen molar-refractivity contribution in [2.24, 2.45) is 0 Å². The molecule has 2 aromatic carbocycles. The average Bonchev–Trinajstić information content (AvgIpc) is 2.80. The predicted molar refractivity (Wildman–Crippen MR) is 91.5 cm³/mol. The van der Waals surface area contributed by atoms with Gasteiger partial charge in [-0.25, -0.2) is 0 Å². The summed E-state index contributed by atoms with van der Waals surface area (Å²) in [7, 11) is 0.